The topological polar surface area (TPSA) is 0 Å². The van der Waals surface area contributed by atoms with Gasteiger partial charge in [0.1, 0.15) is 0 Å². The van der Waals surface area contributed by atoms with Gasteiger partial charge in [0.15, 0.2) is 0 Å². The number of rotatable bonds is 4. The largest absolute Gasteiger partial charge is 0.0755 e. The van der Waals surface area contributed by atoms with Crippen LogP contribution in [0.25, 0.3) is 81.7 Å². The molecule has 10 rings (SSSR count). The van der Waals surface area contributed by atoms with Gasteiger partial charge in [0.2, 0.25) is 0 Å². The monoisotopic (exact) mass is 622 g/mol. The Morgan fingerprint density at radius 1 is 0.429 bits per heavy atom. The summed E-state index contributed by atoms with van der Waals surface area (Å²) in [6.07, 6.45) is 8.20. The third-order valence-electron chi connectivity index (χ3n) is 11.0. The van der Waals surface area contributed by atoms with Crippen LogP contribution in [0.3, 0.4) is 0 Å². The Hall–Kier alpha value is -5.98. The summed E-state index contributed by atoms with van der Waals surface area (Å²) < 4.78 is 0. The second-order valence-corrected chi connectivity index (χ2v) is 13.9. The number of benzene rings is 9. The fourth-order valence-electron chi connectivity index (χ4n) is 8.37. The van der Waals surface area contributed by atoms with Crippen molar-refractivity contribution < 1.29 is 0 Å². The van der Waals surface area contributed by atoms with Crippen LogP contribution >= 0.6 is 0 Å². The minimum atomic E-state index is -0.0994. The molecule has 0 aromatic heterocycles. The summed E-state index contributed by atoms with van der Waals surface area (Å²) in [4.78, 5) is 0. The van der Waals surface area contributed by atoms with Crippen molar-refractivity contribution in [3.05, 3.63) is 187 Å². The lowest BCUT2D eigenvalue weighted by atomic mass is 9.73. The smallest absolute Gasteiger partial charge is 0.0148 e. The lowest BCUT2D eigenvalue weighted by Crippen LogP contribution is -2.20. The molecule has 0 bridgehead atoms. The molecule has 0 amide bonds. The van der Waals surface area contributed by atoms with Crippen molar-refractivity contribution in [3.8, 4) is 22.3 Å². The van der Waals surface area contributed by atoms with E-state index in [1.165, 1.54) is 92.8 Å². The van der Waals surface area contributed by atoms with Crippen molar-refractivity contribution in [1.29, 1.82) is 0 Å². The molecule has 0 spiro atoms. The molecule has 230 valence electrons. The van der Waals surface area contributed by atoms with Crippen LogP contribution in [0.1, 0.15) is 24.5 Å². The van der Waals surface area contributed by atoms with Crippen molar-refractivity contribution in [2.24, 2.45) is 0 Å². The molecule has 0 saturated carbocycles. The van der Waals surface area contributed by atoms with E-state index in [2.05, 4.69) is 183 Å². The zero-order valence-corrected chi connectivity index (χ0v) is 27.5. The highest BCUT2D eigenvalue weighted by Crippen LogP contribution is 2.45. The van der Waals surface area contributed by atoms with Crippen molar-refractivity contribution in [1.82, 2.24) is 0 Å². The first-order chi connectivity index (χ1) is 24.1. The summed E-state index contributed by atoms with van der Waals surface area (Å²) in [5.41, 5.74) is 8.93. The minimum Gasteiger partial charge on any atom is -0.0755 e. The van der Waals surface area contributed by atoms with Crippen LogP contribution in [0.15, 0.2) is 176 Å². The number of hydrogen-bond donors (Lipinski definition) is 0. The van der Waals surface area contributed by atoms with Crippen molar-refractivity contribution in [2.45, 2.75) is 18.8 Å². The van der Waals surface area contributed by atoms with E-state index >= 15 is 0 Å². The molecule has 0 N–H and O–H groups in total. The Labute approximate surface area is 286 Å². The van der Waals surface area contributed by atoms with Crippen LogP contribution in [0.2, 0.25) is 0 Å². The predicted molar refractivity (Wildman–Crippen MR) is 212 cm³/mol. The molecule has 0 heteroatoms. The Kier molecular flexibility index (Phi) is 6.17. The summed E-state index contributed by atoms with van der Waals surface area (Å²) in [5.74, 6) is 0. The van der Waals surface area contributed by atoms with Gasteiger partial charge >= 0.3 is 0 Å². The summed E-state index contributed by atoms with van der Waals surface area (Å²) in [7, 11) is 0. The van der Waals surface area contributed by atoms with Crippen LogP contribution in [-0.4, -0.2) is 0 Å². The second kappa shape index (κ2) is 10.8. The van der Waals surface area contributed by atoms with E-state index in [-0.39, 0.29) is 5.41 Å². The molecule has 9 aromatic carbocycles. The van der Waals surface area contributed by atoms with Gasteiger partial charge < -0.3 is 0 Å². The van der Waals surface area contributed by atoms with Crippen LogP contribution < -0.4 is 0 Å². The molecule has 1 aliphatic carbocycles. The van der Waals surface area contributed by atoms with Gasteiger partial charge in [0.25, 0.3) is 0 Å². The summed E-state index contributed by atoms with van der Waals surface area (Å²) in [5, 5.41) is 13.1. The molecule has 0 fully saturated rings. The normalized spacial score (nSPS) is 16.3. The van der Waals surface area contributed by atoms with Crippen LogP contribution in [0, 0.1) is 0 Å². The van der Waals surface area contributed by atoms with E-state index in [0.717, 1.165) is 6.42 Å². The molecule has 1 unspecified atom stereocenters. The Morgan fingerprint density at radius 2 is 1.06 bits per heavy atom. The fourth-order valence-corrected chi connectivity index (χ4v) is 8.37. The van der Waals surface area contributed by atoms with Crippen LogP contribution in [0.5, 0.6) is 0 Å². The lowest BCUT2D eigenvalue weighted by molar-refractivity contribution is 0.607. The van der Waals surface area contributed by atoms with Crippen molar-refractivity contribution >= 4 is 59.4 Å². The van der Waals surface area contributed by atoms with E-state index in [9.17, 15) is 0 Å². The fraction of sp³-hybridized carbons (Fsp3) is 0.0612. The molecule has 0 saturated heterocycles. The maximum Gasteiger partial charge on any atom is 0.0148 e. The quantitative estimate of drug-likeness (QED) is 0.171. The van der Waals surface area contributed by atoms with Gasteiger partial charge in [0.05, 0.1) is 0 Å². The molecule has 0 heterocycles. The zero-order chi connectivity index (χ0) is 32.5. The maximum absolute atomic E-state index is 2.44. The Bertz CT molecular complexity index is 2790. The third kappa shape index (κ3) is 4.45. The second-order valence-electron chi connectivity index (χ2n) is 13.9. The van der Waals surface area contributed by atoms with Crippen molar-refractivity contribution in [2.75, 3.05) is 0 Å². The molecule has 9 aromatic rings. The van der Waals surface area contributed by atoms with Gasteiger partial charge in [-0.3, -0.25) is 0 Å². The van der Waals surface area contributed by atoms with Gasteiger partial charge in [-0.25, -0.2) is 0 Å². The highest BCUT2D eigenvalue weighted by molar-refractivity contribution is 6.26. The SMILES string of the molecule is CC1(c2ccc3ccc4c(-c5ccc(-c6ccc7ccccc7c6)cc5)ccc5ccc2c3c54)C=CC(c2cccc3ccccc23)=CC1. The van der Waals surface area contributed by atoms with Gasteiger partial charge in [-0.2, -0.15) is 0 Å². The Morgan fingerprint density at radius 3 is 1.88 bits per heavy atom. The summed E-state index contributed by atoms with van der Waals surface area (Å²) >= 11 is 0. The number of allylic oxidation sites excluding steroid dienone is 4. The number of fused-ring (bicyclic) bond motifs is 2. The first-order valence-electron chi connectivity index (χ1n) is 17.3. The standard InChI is InChI=1S/C49H34/c1-49(29-27-36(28-30-49)42-12-6-10-34-8-4-5-11-41(34)42)46-26-22-38-20-24-44-43(23-19-37-21-25-45(46)48(38)47(37)44)35-16-13-33(14-17-35)40-18-15-32-7-2-3-9-39(32)31-40/h2-29,31H,30H2,1H3. The first kappa shape index (κ1) is 28.1. The zero-order valence-electron chi connectivity index (χ0n) is 27.5. The highest BCUT2D eigenvalue weighted by atomic mass is 14.3. The van der Waals surface area contributed by atoms with Crippen LogP contribution in [0.4, 0.5) is 0 Å². The average Bonchev–Trinajstić information content (AvgIpc) is 3.17. The third-order valence-corrected chi connectivity index (χ3v) is 11.0. The molecular formula is C49H34. The highest BCUT2D eigenvalue weighted by Gasteiger charge is 2.28. The summed E-state index contributed by atoms with van der Waals surface area (Å²) in [6, 6.07) is 58.4. The minimum absolute atomic E-state index is 0.0994. The van der Waals surface area contributed by atoms with Gasteiger partial charge in [0, 0.05) is 5.41 Å². The van der Waals surface area contributed by atoms with Crippen LogP contribution in [-0.2, 0) is 5.41 Å². The summed E-state index contributed by atoms with van der Waals surface area (Å²) in [6.45, 7) is 2.40. The Balaban J connectivity index is 1.05. The van der Waals surface area contributed by atoms with E-state index < -0.39 is 0 Å². The molecule has 0 radical (unpaired) electrons. The van der Waals surface area contributed by atoms with E-state index in [1.54, 1.807) is 0 Å². The number of hydrogen-bond acceptors (Lipinski definition) is 0. The molecule has 49 heavy (non-hydrogen) atoms. The van der Waals surface area contributed by atoms with E-state index in [0.29, 0.717) is 0 Å². The van der Waals surface area contributed by atoms with E-state index in [1.807, 2.05) is 0 Å². The van der Waals surface area contributed by atoms with Gasteiger partial charge in [-0.1, -0.05) is 177 Å². The maximum atomic E-state index is 2.44. The molecule has 1 aliphatic rings. The van der Waals surface area contributed by atoms with Gasteiger partial charge in [-0.15, -0.1) is 0 Å². The lowest BCUT2D eigenvalue weighted by Gasteiger charge is -2.31. The van der Waals surface area contributed by atoms with E-state index in [4.69, 9.17) is 0 Å². The predicted octanol–water partition coefficient (Wildman–Crippen LogP) is 13.5. The molecule has 0 aliphatic heterocycles. The van der Waals surface area contributed by atoms with Crippen molar-refractivity contribution in [3.63, 3.8) is 0 Å². The molecule has 1 atom stereocenters. The average molecular weight is 623 g/mol. The molecular weight excluding hydrogens is 589 g/mol. The van der Waals surface area contributed by atoms with Gasteiger partial charge in [-0.05, 0) is 105 Å². The first-order valence-corrected chi connectivity index (χ1v) is 17.3. The molecule has 0 nitrogen and oxygen atoms in total.